The molecule has 20 heavy (non-hydrogen) atoms. The minimum Gasteiger partial charge on any atom is -0.491 e. The summed E-state index contributed by atoms with van der Waals surface area (Å²) in [7, 11) is -0.932. The molecule has 1 fully saturated rings. The molecule has 0 radical (unpaired) electrons. The molecule has 0 amide bonds. The van der Waals surface area contributed by atoms with Crippen LogP contribution in [0.2, 0.25) is 10.0 Å². The van der Waals surface area contributed by atoms with E-state index in [1.807, 2.05) is 11.9 Å². The van der Waals surface area contributed by atoms with Crippen molar-refractivity contribution in [3.63, 3.8) is 0 Å². The second-order valence-electron chi connectivity index (χ2n) is 4.96. The average molecular weight is 338 g/mol. The van der Waals surface area contributed by atoms with Gasteiger partial charge in [-0.25, -0.2) is 8.42 Å². The quantitative estimate of drug-likeness (QED) is 0.828. The number of sulfone groups is 1. The third-order valence-corrected chi connectivity index (χ3v) is 5.71. The zero-order valence-electron chi connectivity index (χ0n) is 11.2. The van der Waals surface area contributed by atoms with Crippen molar-refractivity contribution in [3.8, 4) is 5.75 Å². The van der Waals surface area contributed by atoms with Gasteiger partial charge in [-0.3, -0.25) is 4.90 Å². The van der Waals surface area contributed by atoms with Crippen molar-refractivity contribution in [2.75, 3.05) is 31.7 Å². The lowest BCUT2D eigenvalue weighted by Gasteiger charge is -2.23. The fourth-order valence-corrected chi connectivity index (χ4v) is 4.47. The van der Waals surface area contributed by atoms with Gasteiger partial charge in [0, 0.05) is 17.6 Å². The van der Waals surface area contributed by atoms with Crippen LogP contribution < -0.4 is 4.74 Å². The molecule has 0 spiro atoms. The van der Waals surface area contributed by atoms with Crippen molar-refractivity contribution in [2.45, 2.75) is 12.5 Å². The maximum atomic E-state index is 11.4. The second kappa shape index (κ2) is 6.52. The van der Waals surface area contributed by atoms with Crippen molar-refractivity contribution in [2.24, 2.45) is 0 Å². The van der Waals surface area contributed by atoms with Gasteiger partial charge >= 0.3 is 0 Å². The number of hydrogen-bond donors (Lipinski definition) is 0. The number of ether oxygens (including phenoxy) is 1. The van der Waals surface area contributed by atoms with E-state index in [1.165, 1.54) is 0 Å². The molecule has 1 aliphatic rings. The molecule has 7 heteroatoms. The lowest BCUT2D eigenvalue weighted by molar-refractivity contribution is 0.202. The van der Waals surface area contributed by atoms with Crippen molar-refractivity contribution in [1.29, 1.82) is 0 Å². The Hall–Kier alpha value is -0.490. The molecule has 0 saturated carbocycles. The van der Waals surface area contributed by atoms with Crippen LogP contribution in [0.5, 0.6) is 5.75 Å². The number of nitrogens with zero attached hydrogens (tertiary/aromatic N) is 1. The first-order valence-corrected chi connectivity index (χ1v) is 8.93. The van der Waals surface area contributed by atoms with E-state index in [0.29, 0.717) is 35.4 Å². The van der Waals surface area contributed by atoms with E-state index in [-0.39, 0.29) is 17.5 Å². The summed E-state index contributed by atoms with van der Waals surface area (Å²) in [6.45, 7) is 1.10. The van der Waals surface area contributed by atoms with E-state index in [0.717, 1.165) is 0 Å². The second-order valence-corrected chi connectivity index (χ2v) is 8.03. The van der Waals surface area contributed by atoms with E-state index in [9.17, 15) is 8.42 Å². The van der Waals surface area contributed by atoms with Crippen molar-refractivity contribution >= 4 is 33.0 Å². The van der Waals surface area contributed by atoms with E-state index in [2.05, 4.69) is 0 Å². The third-order valence-electron chi connectivity index (χ3n) is 3.43. The summed E-state index contributed by atoms with van der Waals surface area (Å²) in [6.07, 6.45) is 0.695. The van der Waals surface area contributed by atoms with E-state index in [1.54, 1.807) is 18.2 Å². The first kappa shape index (κ1) is 15.9. The highest BCUT2D eigenvalue weighted by Gasteiger charge is 2.30. The van der Waals surface area contributed by atoms with Crippen molar-refractivity contribution in [3.05, 3.63) is 28.2 Å². The van der Waals surface area contributed by atoms with Crippen LogP contribution in [0, 0.1) is 0 Å². The lowest BCUT2D eigenvalue weighted by atomic mass is 10.2. The minimum absolute atomic E-state index is 0.0873. The molecule has 4 nitrogen and oxygen atoms in total. The Kier molecular flexibility index (Phi) is 5.18. The Balaban J connectivity index is 1.81. The van der Waals surface area contributed by atoms with Crippen LogP contribution in [0.3, 0.4) is 0 Å². The van der Waals surface area contributed by atoms with Gasteiger partial charge in [-0.05, 0) is 31.7 Å². The summed E-state index contributed by atoms with van der Waals surface area (Å²) < 4.78 is 28.5. The Labute approximate surface area is 129 Å². The monoisotopic (exact) mass is 337 g/mol. The van der Waals surface area contributed by atoms with Gasteiger partial charge in [0.15, 0.2) is 9.84 Å². The van der Waals surface area contributed by atoms with Crippen LogP contribution >= 0.6 is 23.2 Å². The Bertz CT molecular complexity index is 577. The zero-order valence-corrected chi connectivity index (χ0v) is 13.5. The smallest absolute Gasteiger partial charge is 0.151 e. The molecule has 0 aromatic heterocycles. The van der Waals surface area contributed by atoms with Gasteiger partial charge < -0.3 is 4.74 Å². The van der Waals surface area contributed by atoms with Crippen molar-refractivity contribution in [1.82, 2.24) is 4.90 Å². The molecule has 1 atom stereocenters. The zero-order chi connectivity index (χ0) is 14.8. The van der Waals surface area contributed by atoms with Crippen LogP contribution in [0.15, 0.2) is 18.2 Å². The minimum atomic E-state index is -2.85. The predicted molar refractivity (Wildman–Crippen MR) is 81.6 cm³/mol. The van der Waals surface area contributed by atoms with Gasteiger partial charge in [0.05, 0.1) is 16.5 Å². The number of halogens is 2. The Morgan fingerprint density at radius 3 is 2.75 bits per heavy atom. The largest absolute Gasteiger partial charge is 0.491 e. The van der Waals surface area contributed by atoms with Crippen molar-refractivity contribution < 1.29 is 13.2 Å². The summed E-state index contributed by atoms with van der Waals surface area (Å²) >= 11 is 11.8. The van der Waals surface area contributed by atoms with Crippen LogP contribution in [0.25, 0.3) is 0 Å². The molecule has 1 aromatic rings. The van der Waals surface area contributed by atoms with Gasteiger partial charge in [-0.15, -0.1) is 0 Å². The number of benzene rings is 1. The van der Waals surface area contributed by atoms with Gasteiger partial charge in [0.2, 0.25) is 0 Å². The highest BCUT2D eigenvalue weighted by Crippen LogP contribution is 2.27. The summed E-state index contributed by atoms with van der Waals surface area (Å²) in [5.74, 6) is 1.11. The molecule has 1 aromatic carbocycles. The fourth-order valence-electron chi connectivity index (χ4n) is 2.20. The molecule has 0 bridgehead atoms. The summed E-state index contributed by atoms with van der Waals surface area (Å²) in [5, 5.41) is 1.04. The van der Waals surface area contributed by atoms with Gasteiger partial charge in [0.1, 0.15) is 12.4 Å². The highest BCUT2D eigenvalue weighted by molar-refractivity contribution is 7.91. The summed E-state index contributed by atoms with van der Waals surface area (Å²) in [5.41, 5.74) is 0. The number of hydrogen-bond acceptors (Lipinski definition) is 4. The first-order valence-electron chi connectivity index (χ1n) is 6.36. The molecular formula is C13H17Cl2NO3S. The van der Waals surface area contributed by atoms with Gasteiger partial charge in [0.25, 0.3) is 0 Å². The average Bonchev–Trinajstić information content (AvgIpc) is 2.72. The maximum absolute atomic E-state index is 11.4. The van der Waals surface area contributed by atoms with Gasteiger partial charge in [-0.1, -0.05) is 23.2 Å². The summed E-state index contributed by atoms with van der Waals surface area (Å²) in [4.78, 5) is 2.02. The maximum Gasteiger partial charge on any atom is 0.151 e. The van der Waals surface area contributed by atoms with Crippen LogP contribution in [0.1, 0.15) is 6.42 Å². The molecule has 112 valence electrons. The molecule has 0 unspecified atom stereocenters. The number of likely N-dealkylation sites (N-methyl/N-ethyl adjacent to an activating group) is 1. The fraction of sp³-hybridized carbons (Fsp3) is 0.538. The molecule has 1 heterocycles. The normalized spacial score (nSPS) is 21.3. The number of rotatable bonds is 5. The molecule has 0 N–H and O–H groups in total. The molecule has 2 rings (SSSR count). The van der Waals surface area contributed by atoms with Gasteiger partial charge in [-0.2, -0.15) is 0 Å². The first-order chi connectivity index (χ1) is 9.37. The Morgan fingerprint density at radius 2 is 2.15 bits per heavy atom. The molecule has 1 aliphatic heterocycles. The van der Waals surface area contributed by atoms with E-state index in [4.69, 9.17) is 27.9 Å². The highest BCUT2D eigenvalue weighted by atomic mass is 35.5. The molecular weight excluding hydrogens is 321 g/mol. The van der Waals surface area contributed by atoms with Crippen LogP contribution in [0.4, 0.5) is 0 Å². The molecule has 1 saturated heterocycles. The SMILES string of the molecule is CN(CCOc1ccc(Cl)cc1Cl)[C@H]1CCS(=O)(=O)C1. The standard InChI is InChI=1S/C13H17Cl2NO3S/c1-16(11-4-7-20(17,18)9-11)5-6-19-13-3-2-10(14)8-12(13)15/h2-3,8,11H,4-7,9H2,1H3/t11-/m0/s1. The lowest BCUT2D eigenvalue weighted by Crippen LogP contribution is -2.35. The van der Waals surface area contributed by atoms with E-state index >= 15 is 0 Å². The van der Waals surface area contributed by atoms with E-state index < -0.39 is 9.84 Å². The topological polar surface area (TPSA) is 46.6 Å². The van der Waals surface area contributed by atoms with Crippen LogP contribution in [-0.2, 0) is 9.84 Å². The Morgan fingerprint density at radius 1 is 1.40 bits per heavy atom. The predicted octanol–water partition coefficient (Wildman–Crippen LogP) is 2.49. The third kappa shape index (κ3) is 4.25. The summed E-state index contributed by atoms with van der Waals surface area (Å²) in [6, 6.07) is 5.16. The molecule has 0 aliphatic carbocycles. The van der Waals surface area contributed by atoms with Crippen LogP contribution in [-0.4, -0.2) is 51.1 Å².